The van der Waals surface area contributed by atoms with E-state index in [0.29, 0.717) is 25.6 Å². The van der Waals surface area contributed by atoms with Gasteiger partial charge in [0.15, 0.2) is 5.96 Å². The van der Waals surface area contributed by atoms with Crippen LogP contribution in [0.4, 0.5) is 13.2 Å². The van der Waals surface area contributed by atoms with E-state index < -0.39 is 11.7 Å². The average Bonchev–Trinajstić information content (AvgIpc) is 3.03. The van der Waals surface area contributed by atoms with Gasteiger partial charge < -0.3 is 15.4 Å². The van der Waals surface area contributed by atoms with E-state index in [0.717, 1.165) is 23.7 Å². The number of pyridine rings is 1. The Bertz CT molecular complexity index is 731. The number of aromatic nitrogens is 2. The molecular weight excluding hydrogens is 379 g/mol. The minimum atomic E-state index is -4.40. The van der Waals surface area contributed by atoms with Gasteiger partial charge in [0, 0.05) is 42.8 Å². The molecule has 10 heteroatoms. The van der Waals surface area contributed by atoms with Crippen molar-refractivity contribution in [1.29, 1.82) is 0 Å². The molecular formula is C17H22F3N5OS. The number of halogens is 3. The van der Waals surface area contributed by atoms with Crippen LogP contribution >= 0.6 is 11.3 Å². The van der Waals surface area contributed by atoms with Crippen LogP contribution in [0.1, 0.15) is 22.4 Å². The number of ether oxygens (including phenoxy) is 1. The summed E-state index contributed by atoms with van der Waals surface area (Å²) in [7, 11) is 0. The lowest BCUT2D eigenvalue weighted by atomic mass is 10.3. The lowest BCUT2D eigenvalue weighted by molar-refractivity contribution is -0.137. The van der Waals surface area contributed by atoms with Crippen molar-refractivity contribution in [2.24, 2.45) is 4.99 Å². The van der Waals surface area contributed by atoms with Gasteiger partial charge in [-0.3, -0.25) is 4.99 Å². The Hall–Kier alpha value is -2.36. The van der Waals surface area contributed by atoms with E-state index in [2.05, 4.69) is 25.6 Å². The number of hydrogen-bond donors (Lipinski definition) is 2. The van der Waals surface area contributed by atoms with Gasteiger partial charge in [0.1, 0.15) is 6.61 Å². The summed E-state index contributed by atoms with van der Waals surface area (Å²) in [5.41, 5.74) is -0.801. The van der Waals surface area contributed by atoms with Crippen LogP contribution in [0.3, 0.4) is 0 Å². The van der Waals surface area contributed by atoms with E-state index in [4.69, 9.17) is 4.74 Å². The smallest absolute Gasteiger partial charge is 0.417 e. The maximum absolute atomic E-state index is 12.5. The maximum atomic E-state index is 12.5. The summed E-state index contributed by atoms with van der Waals surface area (Å²) < 4.78 is 42.8. The van der Waals surface area contributed by atoms with Gasteiger partial charge in [-0.2, -0.15) is 13.2 Å². The second kappa shape index (κ2) is 10.1. The van der Waals surface area contributed by atoms with E-state index in [-0.39, 0.29) is 12.5 Å². The predicted octanol–water partition coefficient (Wildman–Crippen LogP) is 3.04. The van der Waals surface area contributed by atoms with Crippen LogP contribution in [0.15, 0.2) is 29.5 Å². The molecule has 0 atom stereocenters. The molecule has 0 amide bonds. The normalized spacial score (nSPS) is 12.1. The molecule has 2 aromatic heterocycles. The van der Waals surface area contributed by atoms with Crippen molar-refractivity contribution in [2.45, 2.75) is 26.4 Å². The van der Waals surface area contributed by atoms with Gasteiger partial charge in [0.2, 0.25) is 5.88 Å². The highest BCUT2D eigenvalue weighted by Gasteiger charge is 2.30. The summed E-state index contributed by atoms with van der Waals surface area (Å²) in [6.45, 7) is 5.97. The first kappa shape index (κ1) is 20.9. The Morgan fingerprint density at radius 2 is 2.04 bits per heavy atom. The summed E-state index contributed by atoms with van der Waals surface area (Å²) in [5.74, 6) is 0.792. The van der Waals surface area contributed by atoms with Crippen LogP contribution in [0.2, 0.25) is 0 Å². The number of aliphatic imine (C=N–C) groups is 1. The highest BCUT2D eigenvalue weighted by Crippen LogP contribution is 2.29. The number of nitrogens with one attached hydrogen (secondary N) is 2. The van der Waals surface area contributed by atoms with Crippen molar-refractivity contribution in [3.8, 4) is 5.88 Å². The van der Waals surface area contributed by atoms with Gasteiger partial charge in [0.05, 0.1) is 17.1 Å². The second-order valence-electron chi connectivity index (χ2n) is 5.53. The zero-order chi connectivity index (χ0) is 19.7. The molecule has 0 radical (unpaired) electrons. The Labute approximate surface area is 159 Å². The third kappa shape index (κ3) is 7.41. The maximum Gasteiger partial charge on any atom is 0.417 e. The first-order valence-electron chi connectivity index (χ1n) is 8.48. The molecule has 27 heavy (non-hydrogen) atoms. The zero-order valence-electron chi connectivity index (χ0n) is 15.1. The molecule has 0 aliphatic rings. The SMILES string of the molecule is CCNC(=NCCc1ncc(C)s1)NCCOc1ccc(C(F)(F)F)cn1. The minimum absolute atomic E-state index is 0.144. The lowest BCUT2D eigenvalue weighted by Crippen LogP contribution is -2.39. The van der Waals surface area contributed by atoms with E-state index in [1.807, 2.05) is 20.0 Å². The predicted molar refractivity (Wildman–Crippen MR) is 99.3 cm³/mol. The molecule has 0 unspecified atom stereocenters. The fourth-order valence-corrected chi connectivity index (χ4v) is 2.86. The molecule has 2 heterocycles. The van der Waals surface area contributed by atoms with Crippen molar-refractivity contribution in [1.82, 2.24) is 20.6 Å². The van der Waals surface area contributed by atoms with Crippen LogP contribution in [-0.2, 0) is 12.6 Å². The highest BCUT2D eigenvalue weighted by molar-refractivity contribution is 7.11. The summed E-state index contributed by atoms with van der Waals surface area (Å²) in [6.07, 6.45) is -1.03. The van der Waals surface area contributed by atoms with Crippen LogP contribution < -0.4 is 15.4 Å². The minimum Gasteiger partial charge on any atom is -0.476 e. The van der Waals surface area contributed by atoms with Crippen LogP contribution in [0.5, 0.6) is 5.88 Å². The fourth-order valence-electron chi connectivity index (χ4n) is 2.08. The first-order valence-corrected chi connectivity index (χ1v) is 9.29. The Kier molecular flexibility index (Phi) is 7.83. The average molecular weight is 401 g/mol. The van der Waals surface area contributed by atoms with Crippen molar-refractivity contribution < 1.29 is 17.9 Å². The monoisotopic (exact) mass is 401 g/mol. The van der Waals surface area contributed by atoms with E-state index in [1.165, 1.54) is 10.9 Å². The van der Waals surface area contributed by atoms with Gasteiger partial charge in [0.25, 0.3) is 0 Å². The van der Waals surface area contributed by atoms with Gasteiger partial charge in [-0.1, -0.05) is 0 Å². The summed E-state index contributed by atoms with van der Waals surface area (Å²) in [4.78, 5) is 13.6. The molecule has 0 spiro atoms. The van der Waals surface area contributed by atoms with Crippen LogP contribution in [0.25, 0.3) is 0 Å². The third-order valence-corrected chi connectivity index (χ3v) is 4.29. The molecule has 2 N–H and O–H groups in total. The molecule has 148 valence electrons. The summed E-state index contributed by atoms with van der Waals surface area (Å²) in [5, 5.41) is 7.27. The largest absolute Gasteiger partial charge is 0.476 e. The van der Waals surface area contributed by atoms with Crippen molar-refractivity contribution in [3.63, 3.8) is 0 Å². The zero-order valence-corrected chi connectivity index (χ0v) is 16.0. The van der Waals surface area contributed by atoms with Gasteiger partial charge in [-0.05, 0) is 19.9 Å². The standard InChI is InChI=1S/C17H22F3N5OS/c1-3-21-16(22-7-6-15-25-10-12(2)27-15)23-8-9-26-14-5-4-13(11-24-14)17(18,19)20/h4-5,10-11H,3,6-9H2,1-2H3,(H2,21,22,23). The number of aryl methyl sites for hydroxylation is 1. The lowest BCUT2D eigenvalue weighted by Gasteiger charge is -2.12. The quantitative estimate of drug-likeness (QED) is 0.404. The number of rotatable bonds is 8. The van der Waals surface area contributed by atoms with Crippen molar-refractivity contribution >= 4 is 17.3 Å². The number of hydrogen-bond acceptors (Lipinski definition) is 5. The molecule has 0 fully saturated rings. The van der Waals surface area contributed by atoms with Gasteiger partial charge in [-0.15, -0.1) is 11.3 Å². The molecule has 0 bridgehead atoms. The number of thiazole rings is 1. The summed E-state index contributed by atoms with van der Waals surface area (Å²) in [6, 6.07) is 2.15. The van der Waals surface area contributed by atoms with E-state index in [9.17, 15) is 13.2 Å². The van der Waals surface area contributed by atoms with Crippen molar-refractivity contribution in [2.75, 3.05) is 26.2 Å². The molecule has 0 aromatic carbocycles. The molecule has 0 aliphatic heterocycles. The van der Waals surface area contributed by atoms with Gasteiger partial charge in [-0.25, -0.2) is 9.97 Å². The van der Waals surface area contributed by atoms with E-state index in [1.54, 1.807) is 11.3 Å². The molecule has 0 saturated carbocycles. The number of alkyl halides is 3. The molecule has 6 nitrogen and oxygen atoms in total. The fraction of sp³-hybridized carbons (Fsp3) is 0.471. The number of nitrogens with zero attached hydrogens (tertiary/aromatic N) is 3. The third-order valence-electron chi connectivity index (χ3n) is 3.32. The molecule has 2 aromatic rings. The molecule has 2 rings (SSSR count). The van der Waals surface area contributed by atoms with E-state index >= 15 is 0 Å². The van der Waals surface area contributed by atoms with Crippen LogP contribution in [0, 0.1) is 6.92 Å². The van der Waals surface area contributed by atoms with Gasteiger partial charge >= 0.3 is 6.18 Å². The summed E-state index contributed by atoms with van der Waals surface area (Å²) >= 11 is 1.66. The Morgan fingerprint density at radius 1 is 1.22 bits per heavy atom. The number of guanidine groups is 1. The highest BCUT2D eigenvalue weighted by atomic mass is 32.1. The molecule has 0 saturated heterocycles. The second-order valence-corrected chi connectivity index (χ2v) is 6.85. The first-order chi connectivity index (χ1) is 12.9. The van der Waals surface area contributed by atoms with Crippen LogP contribution in [-0.4, -0.2) is 42.2 Å². The topological polar surface area (TPSA) is 71.4 Å². The Balaban J connectivity index is 1.74. The van der Waals surface area contributed by atoms with Crippen molar-refractivity contribution in [3.05, 3.63) is 40.0 Å². The Morgan fingerprint density at radius 3 is 2.63 bits per heavy atom. The molecule has 0 aliphatic carbocycles.